The van der Waals surface area contributed by atoms with Crippen molar-refractivity contribution >= 4 is 0 Å². The largest absolute Gasteiger partial charge is 0.327 e. The highest BCUT2D eigenvalue weighted by Gasteiger charge is 2.02. The molecule has 0 fully saturated rings. The molecule has 1 unspecified atom stereocenters. The standard InChI is InChI=1S/C8H20N2/c1-7(2)5-10(4)6-8(3)9/h7-8H,5-6,9H2,1-4H3. The van der Waals surface area contributed by atoms with E-state index in [2.05, 4.69) is 25.8 Å². The zero-order valence-corrected chi connectivity index (χ0v) is 7.59. The zero-order chi connectivity index (χ0) is 8.15. The first-order chi connectivity index (χ1) is 4.52. The van der Waals surface area contributed by atoms with Crippen LogP contribution in [0.1, 0.15) is 20.8 Å². The Morgan fingerprint density at radius 1 is 1.20 bits per heavy atom. The maximum Gasteiger partial charge on any atom is 0.0139 e. The molecule has 0 saturated heterocycles. The molecule has 0 saturated carbocycles. The Kier molecular flexibility index (Phi) is 4.65. The third kappa shape index (κ3) is 6.05. The van der Waals surface area contributed by atoms with Gasteiger partial charge >= 0.3 is 0 Å². The quantitative estimate of drug-likeness (QED) is 0.636. The van der Waals surface area contributed by atoms with Crippen LogP contribution in [-0.4, -0.2) is 31.1 Å². The minimum atomic E-state index is 0.295. The lowest BCUT2D eigenvalue weighted by Crippen LogP contribution is -2.34. The number of nitrogens with two attached hydrogens (primary N) is 1. The van der Waals surface area contributed by atoms with E-state index in [1.165, 1.54) is 0 Å². The number of nitrogens with zero attached hydrogens (tertiary/aromatic N) is 1. The van der Waals surface area contributed by atoms with Crippen molar-refractivity contribution in [3.05, 3.63) is 0 Å². The molecule has 0 aliphatic carbocycles. The van der Waals surface area contributed by atoms with Gasteiger partial charge in [-0.1, -0.05) is 13.8 Å². The molecule has 0 aromatic rings. The molecule has 0 aliphatic rings. The van der Waals surface area contributed by atoms with Crippen LogP contribution in [0.2, 0.25) is 0 Å². The monoisotopic (exact) mass is 144 g/mol. The van der Waals surface area contributed by atoms with Crippen molar-refractivity contribution in [3.63, 3.8) is 0 Å². The highest BCUT2D eigenvalue weighted by Crippen LogP contribution is 1.95. The molecule has 0 radical (unpaired) electrons. The van der Waals surface area contributed by atoms with Crippen molar-refractivity contribution < 1.29 is 0 Å². The molecule has 0 bridgehead atoms. The van der Waals surface area contributed by atoms with E-state index in [-0.39, 0.29) is 0 Å². The van der Waals surface area contributed by atoms with E-state index in [1.54, 1.807) is 0 Å². The predicted molar refractivity (Wildman–Crippen MR) is 46.0 cm³/mol. The minimum Gasteiger partial charge on any atom is -0.327 e. The number of likely N-dealkylation sites (N-methyl/N-ethyl adjacent to an activating group) is 1. The fourth-order valence-corrected chi connectivity index (χ4v) is 1.19. The molecule has 0 amide bonds. The molecule has 62 valence electrons. The third-order valence-corrected chi connectivity index (χ3v) is 1.28. The summed E-state index contributed by atoms with van der Waals surface area (Å²) in [5, 5.41) is 0. The summed E-state index contributed by atoms with van der Waals surface area (Å²) in [6, 6.07) is 0.295. The van der Waals surface area contributed by atoms with Crippen molar-refractivity contribution in [1.29, 1.82) is 0 Å². The van der Waals surface area contributed by atoms with Gasteiger partial charge in [0.2, 0.25) is 0 Å². The van der Waals surface area contributed by atoms with Crippen LogP contribution in [0.5, 0.6) is 0 Å². The lowest BCUT2D eigenvalue weighted by atomic mass is 10.2. The summed E-state index contributed by atoms with van der Waals surface area (Å²) in [5.74, 6) is 0.740. The maximum absolute atomic E-state index is 5.63. The predicted octanol–water partition coefficient (Wildman–Crippen LogP) is 0.921. The van der Waals surface area contributed by atoms with Crippen LogP contribution < -0.4 is 5.73 Å². The van der Waals surface area contributed by atoms with Crippen LogP contribution in [-0.2, 0) is 0 Å². The van der Waals surface area contributed by atoms with Crippen molar-refractivity contribution in [2.45, 2.75) is 26.8 Å². The Morgan fingerprint density at radius 3 is 2.00 bits per heavy atom. The Hall–Kier alpha value is -0.0800. The first-order valence-electron chi connectivity index (χ1n) is 3.96. The lowest BCUT2D eigenvalue weighted by Gasteiger charge is -2.20. The van der Waals surface area contributed by atoms with Gasteiger partial charge < -0.3 is 10.6 Å². The normalized spacial score (nSPS) is 14.7. The topological polar surface area (TPSA) is 29.3 Å². The Bertz CT molecular complexity index is 69.3. The summed E-state index contributed by atoms with van der Waals surface area (Å²) < 4.78 is 0. The highest BCUT2D eigenvalue weighted by molar-refractivity contribution is 4.60. The molecule has 10 heavy (non-hydrogen) atoms. The van der Waals surface area contributed by atoms with E-state index in [1.807, 2.05) is 6.92 Å². The SMILES string of the molecule is CC(C)CN(C)CC(C)N. The second kappa shape index (κ2) is 4.69. The van der Waals surface area contributed by atoms with Gasteiger partial charge in [-0.2, -0.15) is 0 Å². The van der Waals surface area contributed by atoms with E-state index < -0.39 is 0 Å². The van der Waals surface area contributed by atoms with Gasteiger partial charge in [0.15, 0.2) is 0 Å². The second-order valence-corrected chi connectivity index (χ2v) is 3.59. The summed E-state index contributed by atoms with van der Waals surface area (Å²) >= 11 is 0. The van der Waals surface area contributed by atoms with Crippen LogP contribution in [0.25, 0.3) is 0 Å². The summed E-state index contributed by atoms with van der Waals surface area (Å²) in [6.45, 7) is 8.62. The van der Waals surface area contributed by atoms with Gasteiger partial charge in [0.05, 0.1) is 0 Å². The van der Waals surface area contributed by atoms with Crippen molar-refractivity contribution in [1.82, 2.24) is 4.90 Å². The highest BCUT2D eigenvalue weighted by atomic mass is 15.1. The zero-order valence-electron chi connectivity index (χ0n) is 7.59. The molecule has 2 nitrogen and oxygen atoms in total. The molecule has 0 spiro atoms. The summed E-state index contributed by atoms with van der Waals surface area (Å²) in [7, 11) is 2.11. The van der Waals surface area contributed by atoms with Crippen molar-refractivity contribution in [2.75, 3.05) is 20.1 Å². The van der Waals surface area contributed by atoms with E-state index >= 15 is 0 Å². The molecular formula is C8H20N2. The average molecular weight is 144 g/mol. The Morgan fingerprint density at radius 2 is 1.70 bits per heavy atom. The molecule has 2 heteroatoms. The molecule has 0 rings (SSSR count). The van der Waals surface area contributed by atoms with Gasteiger partial charge in [-0.05, 0) is 19.9 Å². The minimum absolute atomic E-state index is 0.295. The fraction of sp³-hybridized carbons (Fsp3) is 1.00. The molecule has 1 atom stereocenters. The van der Waals surface area contributed by atoms with Gasteiger partial charge in [0, 0.05) is 19.1 Å². The van der Waals surface area contributed by atoms with Gasteiger partial charge in [-0.3, -0.25) is 0 Å². The Balaban J connectivity index is 3.34. The van der Waals surface area contributed by atoms with Crippen LogP contribution in [0.15, 0.2) is 0 Å². The van der Waals surface area contributed by atoms with Gasteiger partial charge in [-0.15, -0.1) is 0 Å². The van der Waals surface area contributed by atoms with Crippen LogP contribution >= 0.6 is 0 Å². The number of hydrogen-bond donors (Lipinski definition) is 1. The fourth-order valence-electron chi connectivity index (χ4n) is 1.19. The number of rotatable bonds is 4. The lowest BCUT2D eigenvalue weighted by molar-refractivity contribution is 0.283. The van der Waals surface area contributed by atoms with Gasteiger partial charge in [0.1, 0.15) is 0 Å². The molecule has 0 heterocycles. The summed E-state index contributed by atoms with van der Waals surface area (Å²) in [6.07, 6.45) is 0. The molecule has 0 aromatic heterocycles. The average Bonchev–Trinajstić information content (AvgIpc) is 1.58. The van der Waals surface area contributed by atoms with Crippen LogP contribution in [0.4, 0.5) is 0 Å². The first-order valence-corrected chi connectivity index (χ1v) is 3.96. The van der Waals surface area contributed by atoms with E-state index in [4.69, 9.17) is 5.73 Å². The van der Waals surface area contributed by atoms with Gasteiger partial charge in [-0.25, -0.2) is 0 Å². The van der Waals surface area contributed by atoms with Crippen LogP contribution in [0.3, 0.4) is 0 Å². The Labute approximate surface area is 64.4 Å². The second-order valence-electron chi connectivity index (χ2n) is 3.59. The third-order valence-electron chi connectivity index (χ3n) is 1.28. The molecular weight excluding hydrogens is 124 g/mol. The maximum atomic E-state index is 5.63. The number of hydrogen-bond acceptors (Lipinski definition) is 2. The molecule has 0 aliphatic heterocycles. The van der Waals surface area contributed by atoms with Crippen LogP contribution in [0, 0.1) is 5.92 Å². The summed E-state index contributed by atoms with van der Waals surface area (Å²) in [5.41, 5.74) is 5.63. The van der Waals surface area contributed by atoms with E-state index in [9.17, 15) is 0 Å². The molecule has 2 N–H and O–H groups in total. The van der Waals surface area contributed by atoms with Gasteiger partial charge in [0.25, 0.3) is 0 Å². The first kappa shape index (κ1) is 9.92. The van der Waals surface area contributed by atoms with Crippen molar-refractivity contribution in [2.24, 2.45) is 11.7 Å². The van der Waals surface area contributed by atoms with E-state index in [0.717, 1.165) is 19.0 Å². The summed E-state index contributed by atoms with van der Waals surface area (Å²) in [4.78, 5) is 2.27. The molecule has 0 aromatic carbocycles. The van der Waals surface area contributed by atoms with Crippen molar-refractivity contribution in [3.8, 4) is 0 Å². The van der Waals surface area contributed by atoms with E-state index in [0.29, 0.717) is 6.04 Å². The smallest absolute Gasteiger partial charge is 0.0139 e.